The Morgan fingerprint density at radius 2 is 1.67 bits per heavy atom. The van der Waals surface area contributed by atoms with E-state index in [0.717, 1.165) is 17.6 Å². The highest BCUT2D eigenvalue weighted by atomic mass is 16.7. The van der Waals surface area contributed by atoms with Gasteiger partial charge in [-0.05, 0) is 71.1 Å². The second-order valence-corrected chi connectivity index (χ2v) is 6.97. The maximum atomic E-state index is 6.15. The van der Waals surface area contributed by atoms with Crippen molar-refractivity contribution in [3.05, 3.63) is 23.8 Å². The summed E-state index contributed by atoms with van der Waals surface area (Å²) >= 11 is 0. The van der Waals surface area contributed by atoms with E-state index in [-0.39, 0.29) is 24.4 Å². The molecule has 1 fully saturated rings. The maximum Gasteiger partial charge on any atom is 0.495 e. The van der Waals surface area contributed by atoms with Crippen molar-refractivity contribution in [3.63, 3.8) is 0 Å². The van der Waals surface area contributed by atoms with Crippen LogP contribution in [0.2, 0.25) is 0 Å². The van der Waals surface area contributed by atoms with E-state index in [9.17, 15) is 0 Å². The van der Waals surface area contributed by atoms with Gasteiger partial charge in [0, 0.05) is 0 Å². The number of ether oxygens (including phenoxy) is 1. The summed E-state index contributed by atoms with van der Waals surface area (Å²) in [7, 11) is -0.307. The van der Waals surface area contributed by atoms with Crippen LogP contribution in [0.1, 0.15) is 54.0 Å². The molecular weight excluding hydrogens is 263 g/mol. The van der Waals surface area contributed by atoms with Gasteiger partial charge in [-0.15, -0.1) is 0 Å². The van der Waals surface area contributed by atoms with Crippen LogP contribution in [-0.4, -0.2) is 24.4 Å². The topological polar surface area (TPSA) is 27.7 Å². The number of hydrogen-bond donors (Lipinski definition) is 0. The van der Waals surface area contributed by atoms with Gasteiger partial charge in [-0.1, -0.05) is 13.0 Å². The normalized spacial score (nSPS) is 20.1. The Morgan fingerprint density at radius 3 is 2.14 bits per heavy atom. The molecule has 1 aliphatic rings. The number of benzene rings is 1. The van der Waals surface area contributed by atoms with E-state index in [2.05, 4.69) is 46.8 Å². The van der Waals surface area contributed by atoms with Crippen molar-refractivity contribution in [1.29, 1.82) is 0 Å². The van der Waals surface area contributed by atoms with Crippen molar-refractivity contribution in [1.82, 2.24) is 0 Å². The first-order valence-electron chi connectivity index (χ1n) is 7.81. The highest BCUT2D eigenvalue weighted by Crippen LogP contribution is 2.36. The lowest BCUT2D eigenvalue weighted by Crippen LogP contribution is -2.41. The van der Waals surface area contributed by atoms with E-state index in [1.165, 1.54) is 5.56 Å². The molecule has 0 N–H and O–H groups in total. The van der Waals surface area contributed by atoms with Crippen molar-refractivity contribution in [2.24, 2.45) is 0 Å². The Morgan fingerprint density at radius 1 is 1.10 bits per heavy atom. The molecule has 1 saturated heterocycles. The molecule has 0 atom stereocenters. The first kappa shape index (κ1) is 16.4. The summed E-state index contributed by atoms with van der Waals surface area (Å²) in [5, 5.41) is 0. The lowest BCUT2D eigenvalue weighted by Gasteiger charge is -2.32. The molecule has 0 aliphatic carbocycles. The van der Waals surface area contributed by atoms with Crippen LogP contribution in [0.4, 0.5) is 0 Å². The molecule has 3 nitrogen and oxygen atoms in total. The molecule has 0 unspecified atom stereocenters. The third-order valence-electron chi connectivity index (χ3n) is 4.37. The molecule has 4 heteroatoms. The lowest BCUT2D eigenvalue weighted by molar-refractivity contribution is 0.00578. The zero-order valence-corrected chi connectivity index (χ0v) is 14.3. The Hall–Kier alpha value is -0.995. The number of hydrogen-bond acceptors (Lipinski definition) is 3. The zero-order chi connectivity index (χ0) is 15.8. The van der Waals surface area contributed by atoms with Gasteiger partial charge in [0.2, 0.25) is 0 Å². The molecule has 0 spiro atoms. The molecule has 1 heterocycles. The average molecular weight is 290 g/mol. The maximum absolute atomic E-state index is 6.15. The van der Waals surface area contributed by atoms with Crippen LogP contribution in [0.15, 0.2) is 18.2 Å². The zero-order valence-electron chi connectivity index (χ0n) is 14.3. The fourth-order valence-corrected chi connectivity index (χ4v) is 2.43. The van der Waals surface area contributed by atoms with Gasteiger partial charge in [-0.2, -0.15) is 0 Å². The average Bonchev–Trinajstić information content (AvgIpc) is 2.57. The third-order valence-corrected chi connectivity index (χ3v) is 4.37. The lowest BCUT2D eigenvalue weighted by atomic mass is 9.75. The van der Waals surface area contributed by atoms with Crippen molar-refractivity contribution in [3.8, 4) is 5.75 Å². The first-order valence-corrected chi connectivity index (χ1v) is 7.81. The molecular formula is C17H27BO3. The molecule has 1 aliphatic heterocycles. The van der Waals surface area contributed by atoms with E-state index in [0.29, 0.717) is 0 Å². The van der Waals surface area contributed by atoms with E-state index in [1.807, 2.05) is 19.9 Å². The van der Waals surface area contributed by atoms with Crippen LogP contribution in [-0.2, 0) is 15.7 Å². The summed E-state index contributed by atoms with van der Waals surface area (Å²) < 4.78 is 18.1. The minimum Gasteiger partial charge on any atom is -0.491 e. The van der Waals surface area contributed by atoms with Crippen LogP contribution in [0.3, 0.4) is 0 Å². The van der Waals surface area contributed by atoms with E-state index < -0.39 is 0 Å². The molecule has 0 radical (unpaired) electrons. The van der Waals surface area contributed by atoms with Crippen molar-refractivity contribution in [2.75, 3.05) is 0 Å². The van der Waals surface area contributed by atoms with Crippen LogP contribution in [0.25, 0.3) is 0 Å². The van der Waals surface area contributed by atoms with Gasteiger partial charge in [0.25, 0.3) is 0 Å². The minimum atomic E-state index is -0.310. The third kappa shape index (κ3) is 3.27. The van der Waals surface area contributed by atoms with Crippen molar-refractivity contribution >= 4 is 12.6 Å². The molecule has 0 bridgehead atoms. The number of aryl methyl sites for hydroxylation is 1. The second kappa shape index (κ2) is 5.66. The van der Waals surface area contributed by atoms with Gasteiger partial charge >= 0.3 is 7.12 Å². The van der Waals surface area contributed by atoms with Gasteiger partial charge in [0.1, 0.15) is 5.75 Å². The Kier molecular flexibility index (Phi) is 4.41. The van der Waals surface area contributed by atoms with Gasteiger partial charge in [-0.25, -0.2) is 0 Å². The van der Waals surface area contributed by atoms with Crippen molar-refractivity contribution < 1.29 is 14.0 Å². The number of rotatable bonds is 4. The predicted octanol–water partition coefficient (Wildman–Crippen LogP) is 3.34. The van der Waals surface area contributed by atoms with E-state index in [4.69, 9.17) is 14.0 Å². The molecule has 0 amide bonds. The fraction of sp³-hybridized carbons (Fsp3) is 0.647. The summed E-state index contributed by atoms with van der Waals surface area (Å²) in [6, 6.07) is 6.17. The standard InChI is InChI=1S/C17H27BO3/c1-8-13-11-14(19-12(2)3)9-10-15(13)18-20-16(4,5)17(6,7)21-18/h9-12H,8H2,1-7H3. The molecule has 21 heavy (non-hydrogen) atoms. The first-order chi connectivity index (χ1) is 9.66. The van der Waals surface area contributed by atoms with Crippen molar-refractivity contribution in [2.45, 2.75) is 72.2 Å². The molecule has 1 aromatic carbocycles. The molecule has 1 aromatic rings. The summed E-state index contributed by atoms with van der Waals surface area (Å²) in [5.74, 6) is 0.905. The highest BCUT2D eigenvalue weighted by molar-refractivity contribution is 6.62. The minimum absolute atomic E-state index is 0.178. The van der Waals surface area contributed by atoms with Crippen LogP contribution in [0, 0.1) is 0 Å². The Labute approximate surface area is 129 Å². The van der Waals surface area contributed by atoms with Gasteiger partial charge in [0.05, 0.1) is 17.3 Å². The van der Waals surface area contributed by atoms with E-state index >= 15 is 0 Å². The SMILES string of the molecule is CCc1cc(OC(C)C)ccc1B1OC(C)(C)C(C)(C)O1. The summed E-state index contributed by atoms with van der Waals surface area (Å²) in [6.45, 7) is 14.5. The van der Waals surface area contributed by atoms with Crippen LogP contribution < -0.4 is 10.2 Å². The van der Waals surface area contributed by atoms with Crippen LogP contribution in [0.5, 0.6) is 5.75 Å². The Balaban J connectivity index is 2.29. The van der Waals surface area contributed by atoms with Gasteiger partial charge in [-0.3, -0.25) is 0 Å². The summed E-state index contributed by atoms with van der Waals surface area (Å²) in [4.78, 5) is 0. The fourth-order valence-electron chi connectivity index (χ4n) is 2.43. The quantitative estimate of drug-likeness (QED) is 0.796. The van der Waals surface area contributed by atoms with Gasteiger partial charge in [0.15, 0.2) is 0 Å². The molecule has 2 rings (SSSR count). The molecule has 0 aromatic heterocycles. The predicted molar refractivity (Wildman–Crippen MR) is 87.3 cm³/mol. The smallest absolute Gasteiger partial charge is 0.491 e. The Bertz CT molecular complexity index is 493. The largest absolute Gasteiger partial charge is 0.495 e. The molecule has 0 saturated carbocycles. The highest BCUT2D eigenvalue weighted by Gasteiger charge is 2.52. The summed E-state index contributed by atoms with van der Waals surface area (Å²) in [6.07, 6.45) is 1.10. The van der Waals surface area contributed by atoms with Crippen LogP contribution >= 0.6 is 0 Å². The van der Waals surface area contributed by atoms with E-state index in [1.54, 1.807) is 0 Å². The summed E-state index contributed by atoms with van der Waals surface area (Å²) in [5.41, 5.74) is 1.70. The monoisotopic (exact) mass is 290 g/mol. The second-order valence-electron chi connectivity index (χ2n) is 6.97. The van der Waals surface area contributed by atoms with Gasteiger partial charge < -0.3 is 14.0 Å². The molecule has 116 valence electrons.